The molecule has 110 valence electrons. The van der Waals surface area contributed by atoms with Crippen molar-refractivity contribution in [3.05, 3.63) is 30.6 Å². The molecule has 0 bridgehead atoms. The Morgan fingerprint density at radius 1 is 1.50 bits per heavy atom. The van der Waals surface area contributed by atoms with Crippen LogP contribution in [0.4, 0.5) is 11.4 Å². The van der Waals surface area contributed by atoms with Crippen molar-refractivity contribution in [2.45, 2.75) is 6.42 Å². The molecule has 5 nitrogen and oxygen atoms in total. The molecule has 3 N–H and O–H groups in total. The van der Waals surface area contributed by atoms with Gasteiger partial charge in [-0.3, -0.25) is 0 Å². The largest absolute Gasteiger partial charge is 0.489 e. The summed E-state index contributed by atoms with van der Waals surface area (Å²) in [5.41, 5.74) is 7.70. The minimum absolute atomic E-state index is 0.728. The van der Waals surface area contributed by atoms with Gasteiger partial charge < -0.3 is 25.6 Å². The van der Waals surface area contributed by atoms with Gasteiger partial charge in [-0.15, -0.1) is 0 Å². The summed E-state index contributed by atoms with van der Waals surface area (Å²) in [7, 11) is 3.99. The summed E-state index contributed by atoms with van der Waals surface area (Å²) < 4.78 is 5.66. The molecule has 0 fully saturated rings. The number of nitrogen functional groups attached to an aromatic ring is 1. The van der Waals surface area contributed by atoms with Gasteiger partial charge in [-0.2, -0.15) is 0 Å². The molecular formula is C15H24N4O. The zero-order valence-electron chi connectivity index (χ0n) is 12.3. The Balaban J connectivity index is 1.87. The lowest BCUT2D eigenvalue weighted by atomic mass is 10.2. The normalized spacial score (nSPS) is 14.0. The quantitative estimate of drug-likeness (QED) is 0.771. The molecule has 0 spiro atoms. The SMILES string of the molecule is CN/C=C\N(C)CCCN1CCOc2cc(N)ccc21. The molecular weight excluding hydrogens is 252 g/mol. The number of nitrogens with zero attached hydrogens (tertiary/aromatic N) is 2. The predicted octanol–water partition coefficient (Wildman–Crippen LogP) is 1.48. The number of nitrogens with one attached hydrogen (secondary N) is 1. The van der Waals surface area contributed by atoms with Crippen LogP contribution in [0.1, 0.15) is 6.42 Å². The van der Waals surface area contributed by atoms with Gasteiger partial charge in [0, 0.05) is 51.3 Å². The van der Waals surface area contributed by atoms with E-state index in [0.29, 0.717) is 0 Å². The van der Waals surface area contributed by atoms with Crippen LogP contribution in [0.15, 0.2) is 30.6 Å². The fourth-order valence-corrected chi connectivity index (χ4v) is 2.31. The number of nitrogens with two attached hydrogens (primary N) is 1. The van der Waals surface area contributed by atoms with E-state index in [0.717, 1.165) is 49.8 Å². The maximum absolute atomic E-state index is 5.79. The number of benzene rings is 1. The first-order chi connectivity index (χ1) is 9.70. The van der Waals surface area contributed by atoms with Crippen molar-refractivity contribution >= 4 is 11.4 Å². The number of ether oxygens (including phenoxy) is 1. The highest BCUT2D eigenvalue weighted by Gasteiger charge is 2.17. The lowest BCUT2D eigenvalue weighted by Crippen LogP contribution is -2.34. The molecule has 2 rings (SSSR count). The molecule has 1 aromatic rings. The third-order valence-electron chi connectivity index (χ3n) is 3.38. The van der Waals surface area contributed by atoms with Crippen molar-refractivity contribution in [1.82, 2.24) is 10.2 Å². The molecule has 1 aliphatic rings. The standard InChI is InChI=1S/C15H24N4O/c1-17-6-9-18(2)7-3-8-19-10-11-20-15-12-13(16)4-5-14(15)19/h4-6,9,12,17H,3,7-8,10-11,16H2,1-2H3/b9-6-. The summed E-state index contributed by atoms with van der Waals surface area (Å²) in [4.78, 5) is 4.55. The van der Waals surface area contributed by atoms with E-state index in [2.05, 4.69) is 28.2 Å². The van der Waals surface area contributed by atoms with Crippen LogP contribution >= 0.6 is 0 Å². The first kappa shape index (κ1) is 14.4. The lowest BCUT2D eigenvalue weighted by Gasteiger charge is -2.31. The highest BCUT2D eigenvalue weighted by atomic mass is 16.5. The molecule has 0 atom stereocenters. The fraction of sp³-hybridized carbons (Fsp3) is 0.467. The van der Waals surface area contributed by atoms with E-state index < -0.39 is 0 Å². The first-order valence-corrected chi connectivity index (χ1v) is 7.02. The van der Waals surface area contributed by atoms with E-state index >= 15 is 0 Å². The van der Waals surface area contributed by atoms with Gasteiger partial charge in [0.05, 0.1) is 12.2 Å². The number of anilines is 2. The summed E-state index contributed by atoms with van der Waals surface area (Å²) in [6.07, 6.45) is 5.09. The number of hydrogen-bond acceptors (Lipinski definition) is 5. The maximum Gasteiger partial charge on any atom is 0.144 e. The molecule has 1 heterocycles. The average Bonchev–Trinajstić information content (AvgIpc) is 2.45. The second-order valence-electron chi connectivity index (χ2n) is 5.00. The summed E-state index contributed by atoms with van der Waals surface area (Å²) in [6, 6.07) is 5.89. The second kappa shape index (κ2) is 6.93. The molecule has 1 aliphatic heterocycles. The number of rotatable bonds is 6. The zero-order chi connectivity index (χ0) is 14.4. The molecule has 20 heavy (non-hydrogen) atoms. The van der Waals surface area contributed by atoms with Gasteiger partial charge in [-0.1, -0.05) is 0 Å². The van der Waals surface area contributed by atoms with E-state index in [4.69, 9.17) is 10.5 Å². The number of hydrogen-bond donors (Lipinski definition) is 2. The zero-order valence-corrected chi connectivity index (χ0v) is 12.3. The molecule has 1 aromatic carbocycles. The van der Waals surface area contributed by atoms with Gasteiger partial charge in [-0.25, -0.2) is 0 Å². The second-order valence-corrected chi connectivity index (χ2v) is 5.00. The van der Waals surface area contributed by atoms with Gasteiger partial charge in [0.25, 0.3) is 0 Å². The van der Waals surface area contributed by atoms with Gasteiger partial charge >= 0.3 is 0 Å². The summed E-state index contributed by atoms with van der Waals surface area (Å²) in [5.74, 6) is 0.902. The van der Waals surface area contributed by atoms with Crippen molar-refractivity contribution in [3.8, 4) is 5.75 Å². The van der Waals surface area contributed by atoms with Crippen LogP contribution in [0.2, 0.25) is 0 Å². The summed E-state index contributed by atoms with van der Waals surface area (Å²) >= 11 is 0. The Hall–Kier alpha value is -2.04. The molecule has 0 radical (unpaired) electrons. The van der Waals surface area contributed by atoms with Gasteiger partial charge in [0.2, 0.25) is 0 Å². The van der Waals surface area contributed by atoms with Crippen molar-refractivity contribution in [1.29, 1.82) is 0 Å². The van der Waals surface area contributed by atoms with E-state index in [1.165, 1.54) is 0 Å². The van der Waals surface area contributed by atoms with Crippen LogP contribution in [-0.2, 0) is 0 Å². The molecule has 0 saturated heterocycles. The number of fused-ring (bicyclic) bond motifs is 1. The molecule has 0 aliphatic carbocycles. The van der Waals surface area contributed by atoms with E-state index in [9.17, 15) is 0 Å². The van der Waals surface area contributed by atoms with Gasteiger partial charge in [-0.05, 0) is 18.6 Å². The Bertz CT molecular complexity index is 461. The third-order valence-corrected chi connectivity index (χ3v) is 3.38. The van der Waals surface area contributed by atoms with Crippen molar-refractivity contribution in [2.75, 3.05) is 51.0 Å². The topological polar surface area (TPSA) is 53.8 Å². The van der Waals surface area contributed by atoms with Gasteiger partial charge in [0.15, 0.2) is 0 Å². The third kappa shape index (κ3) is 3.73. The van der Waals surface area contributed by atoms with Gasteiger partial charge in [0.1, 0.15) is 12.4 Å². The molecule has 0 unspecified atom stereocenters. The minimum Gasteiger partial charge on any atom is -0.489 e. The molecule has 0 aromatic heterocycles. The summed E-state index contributed by atoms with van der Waals surface area (Å²) in [6.45, 7) is 3.72. The molecule has 0 amide bonds. The lowest BCUT2D eigenvalue weighted by molar-refractivity contribution is 0.306. The van der Waals surface area contributed by atoms with Crippen LogP contribution in [0.5, 0.6) is 5.75 Å². The van der Waals surface area contributed by atoms with Crippen LogP contribution in [-0.4, -0.2) is 45.2 Å². The highest BCUT2D eigenvalue weighted by Crippen LogP contribution is 2.33. The van der Waals surface area contributed by atoms with Crippen molar-refractivity contribution in [2.24, 2.45) is 0 Å². The van der Waals surface area contributed by atoms with Crippen LogP contribution < -0.4 is 20.7 Å². The average molecular weight is 276 g/mol. The van der Waals surface area contributed by atoms with Crippen LogP contribution in [0.25, 0.3) is 0 Å². The van der Waals surface area contributed by atoms with Crippen LogP contribution in [0, 0.1) is 0 Å². The predicted molar refractivity (Wildman–Crippen MR) is 84.0 cm³/mol. The highest BCUT2D eigenvalue weighted by molar-refractivity contribution is 5.65. The Morgan fingerprint density at radius 2 is 2.35 bits per heavy atom. The van der Waals surface area contributed by atoms with Crippen molar-refractivity contribution in [3.63, 3.8) is 0 Å². The van der Waals surface area contributed by atoms with E-state index in [-0.39, 0.29) is 0 Å². The fourth-order valence-electron chi connectivity index (χ4n) is 2.31. The van der Waals surface area contributed by atoms with E-state index in [1.54, 1.807) is 0 Å². The monoisotopic (exact) mass is 276 g/mol. The maximum atomic E-state index is 5.79. The first-order valence-electron chi connectivity index (χ1n) is 7.02. The molecule has 0 saturated carbocycles. The Kier molecular flexibility index (Phi) is 4.98. The molecule has 5 heteroatoms. The summed E-state index contributed by atoms with van der Waals surface area (Å²) in [5, 5.41) is 3.00. The smallest absolute Gasteiger partial charge is 0.144 e. The minimum atomic E-state index is 0.728. The Labute approximate surface area is 121 Å². The van der Waals surface area contributed by atoms with E-state index in [1.807, 2.05) is 31.6 Å². The van der Waals surface area contributed by atoms with Crippen LogP contribution in [0.3, 0.4) is 0 Å². The Morgan fingerprint density at radius 3 is 3.15 bits per heavy atom. The van der Waals surface area contributed by atoms with Crippen molar-refractivity contribution < 1.29 is 4.74 Å².